The molecule has 0 bridgehead atoms. The van der Waals surface area contributed by atoms with E-state index >= 15 is 0 Å². The van der Waals surface area contributed by atoms with Gasteiger partial charge in [-0.25, -0.2) is 0 Å². The van der Waals surface area contributed by atoms with Crippen LogP contribution in [0.4, 0.5) is 5.69 Å². The zero-order chi connectivity index (χ0) is 12.3. The molecule has 8 heteroatoms. The molecule has 0 fully saturated rings. The molecule has 0 aliphatic rings. The zero-order valence-electron chi connectivity index (χ0n) is 8.82. The van der Waals surface area contributed by atoms with Crippen molar-refractivity contribution in [3.8, 4) is 5.75 Å². The van der Waals surface area contributed by atoms with Crippen LogP contribution in [-0.4, -0.2) is 23.1 Å². The fourth-order valence-electron chi connectivity index (χ4n) is 1.14. The number of carbonyl (C=O) groups is 1. The van der Waals surface area contributed by atoms with Gasteiger partial charge < -0.3 is 15.6 Å². The maximum absolute atomic E-state index is 11.1. The van der Waals surface area contributed by atoms with E-state index in [4.69, 9.17) is 5.73 Å². The molecule has 0 aliphatic carbocycles. The monoisotopic (exact) mass is 262 g/mol. The summed E-state index contributed by atoms with van der Waals surface area (Å²) >= 11 is 0. The van der Waals surface area contributed by atoms with E-state index in [9.17, 15) is 20.0 Å². The molecule has 3 N–H and O–H groups in total. The molecule has 0 saturated heterocycles. The summed E-state index contributed by atoms with van der Waals surface area (Å²) in [5.74, 6) is -1.19. The maximum atomic E-state index is 11.1. The van der Waals surface area contributed by atoms with E-state index in [2.05, 4.69) is 4.74 Å². The normalized spacial score (nSPS) is 11.2. The van der Waals surface area contributed by atoms with Crippen molar-refractivity contribution >= 4 is 24.1 Å². The molecule has 1 atom stereocenters. The Morgan fingerprint density at radius 1 is 1.59 bits per heavy atom. The number of phenols is 1. The van der Waals surface area contributed by atoms with Crippen molar-refractivity contribution < 1.29 is 19.6 Å². The van der Waals surface area contributed by atoms with Crippen LogP contribution in [0.15, 0.2) is 18.2 Å². The number of nitro groups is 1. The molecule has 0 unspecified atom stereocenters. The lowest BCUT2D eigenvalue weighted by Gasteiger charge is -2.09. The molecule has 0 aromatic heterocycles. The Balaban J connectivity index is 0.00000256. The second-order valence-electron chi connectivity index (χ2n) is 3.01. The predicted octanol–water partition coefficient (Wildman–Crippen LogP) is 0.895. The number of aromatic hydroxyl groups is 1. The van der Waals surface area contributed by atoms with Crippen LogP contribution in [-0.2, 0) is 9.53 Å². The van der Waals surface area contributed by atoms with Crippen LogP contribution in [0.2, 0.25) is 0 Å². The Hall–Kier alpha value is -1.86. The van der Waals surface area contributed by atoms with Crippen LogP contribution in [0, 0.1) is 10.1 Å². The van der Waals surface area contributed by atoms with Gasteiger partial charge in [-0.2, -0.15) is 0 Å². The average Bonchev–Trinajstić information content (AvgIpc) is 2.27. The average molecular weight is 263 g/mol. The topological polar surface area (TPSA) is 116 Å². The minimum atomic E-state index is -1.11. The minimum Gasteiger partial charge on any atom is -0.502 e. The lowest BCUT2D eigenvalue weighted by atomic mass is 10.1. The number of rotatable bonds is 3. The molecule has 0 heterocycles. The number of phenolic OH excluding ortho intramolecular Hbond substituents is 1. The Morgan fingerprint density at radius 2 is 2.18 bits per heavy atom. The van der Waals surface area contributed by atoms with Crippen molar-refractivity contribution in [2.24, 2.45) is 5.73 Å². The van der Waals surface area contributed by atoms with Gasteiger partial charge in [0.05, 0.1) is 12.0 Å². The van der Waals surface area contributed by atoms with Gasteiger partial charge in [-0.05, 0) is 11.6 Å². The molecule has 0 radical (unpaired) electrons. The first kappa shape index (κ1) is 15.1. The van der Waals surface area contributed by atoms with E-state index in [0.29, 0.717) is 0 Å². The summed E-state index contributed by atoms with van der Waals surface area (Å²) in [6.45, 7) is 0. The van der Waals surface area contributed by atoms with Crippen LogP contribution in [0.5, 0.6) is 5.75 Å². The fraction of sp³-hybridized carbons (Fsp3) is 0.222. The maximum Gasteiger partial charge on any atom is 0.327 e. The van der Waals surface area contributed by atoms with Crippen LogP contribution in [0.3, 0.4) is 0 Å². The summed E-state index contributed by atoms with van der Waals surface area (Å²) in [7, 11) is 1.16. The van der Waals surface area contributed by atoms with Crippen LogP contribution >= 0.6 is 12.4 Å². The molecule has 1 aromatic rings. The van der Waals surface area contributed by atoms with Crippen molar-refractivity contribution in [3.63, 3.8) is 0 Å². The summed E-state index contributed by atoms with van der Waals surface area (Å²) in [6, 6.07) is 2.36. The third kappa shape index (κ3) is 3.30. The van der Waals surface area contributed by atoms with Crippen molar-refractivity contribution in [1.82, 2.24) is 0 Å². The van der Waals surface area contributed by atoms with Gasteiger partial charge >= 0.3 is 11.7 Å². The number of hydrogen-bond donors (Lipinski definition) is 2. The number of ether oxygens (including phenoxy) is 1. The van der Waals surface area contributed by atoms with E-state index in [-0.39, 0.29) is 18.0 Å². The zero-order valence-corrected chi connectivity index (χ0v) is 9.64. The third-order valence-corrected chi connectivity index (χ3v) is 2.01. The highest BCUT2D eigenvalue weighted by Crippen LogP contribution is 2.28. The molecule has 94 valence electrons. The molecular formula is C9H11ClN2O5. The van der Waals surface area contributed by atoms with Crippen LogP contribution in [0.1, 0.15) is 11.6 Å². The third-order valence-electron chi connectivity index (χ3n) is 2.01. The lowest BCUT2D eigenvalue weighted by molar-refractivity contribution is -0.385. The fourth-order valence-corrected chi connectivity index (χ4v) is 1.14. The largest absolute Gasteiger partial charge is 0.502 e. The number of halogens is 1. The Bertz CT molecular complexity index is 437. The molecule has 0 saturated carbocycles. The lowest BCUT2D eigenvalue weighted by Crippen LogP contribution is -2.22. The number of benzene rings is 1. The highest BCUT2D eigenvalue weighted by molar-refractivity contribution is 5.85. The Morgan fingerprint density at radius 3 is 2.65 bits per heavy atom. The van der Waals surface area contributed by atoms with Gasteiger partial charge in [-0.1, -0.05) is 6.07 Å². The second kappa shape index (κ2) is 6.02. The Labute approximate surface area is 103 Å². The van der Waals surface area contributed by atoms with Gasteiger partial charge in [-0.15, -0.1) is 12.4 Å². The quantitative estimate of drug-likeness (QED) is 0.475. The Kier molecular flexibility index (Phi) is 5.36. The minimum absolute atomic E-state index is 0. The van der Waals surface area contributed by atoms with Gasteiger partial charge in [0.15, 0.2) is 5.75 Å². The first-order chi connectivity index (χ1) is 7.47. The molecule has 1 rings (SSSR count). The first-order valence-corrected chi connectivity index (χ1v) is 4.28. The van der Waals surface area contributed by atoms with Gasteiger partial charge in [0.25, 0.3) is 0 Å². The highest BCUT2D eigenvalue weighted by atomic mass is 35.5. The standard InChI is InChI=1S/C9H10N2O5.ClH/c1-16-9(13)8(10)5-2-3-7(12)6(4-5)11(14)15;/h2-4,8,12H,10H2,1H3;1H/t8-;/m1./s1. The smallest absolute Gasteiger partial charge is 0.327 e. The van der Waals surface area contributed by atoms with Gasteiger partial charge in [0.2, 0.25) is 0 Å². The van der Waals surface area contributed by atoms with Crippen molar-refractivity contribution in [3.05, 3.63) is 33.9 Å². The summed E-state index contributed by atoms with van der Waals surface area (Å²) in [5, 5.41) is 19.7. The molecule has 0 spiro atoms. The second-order valence-corrected chi connectivity index (χ2v) is 3.01. The van der Waals surface area contributed by atoms with Crippen LogP contribution < -0.4 is 5.73 Å². The van der Waals surface area contributed by atoms with Gasteiger partial charge in [0.1, 0.15) is 6.04 Å². The van der Waals surface area contributed by atoms with Crippen molar-refractivity contribution in [1.29, 1.82) is 0 Å². The molecular weight excluding hydrogens is 252 g/mol. The summed E-state index contributed by atoms with van der Waals surface area (Å²) < 4.78 is 4.40. The number of methoxy groups -OCH3 is 1. The number of nitro benzene ring substituents is 1. The highest BCUT2D eigenvalue weighted by Gasteiger charge is 2.21. The number of nitrogens with two attached hydrogens (primary N) is 1. The van der Waals surface area contributed by atoms with E-state index in [1.807, 2.05) is 0 Å². The predicted molar refractivity (Wildman–Crippen MR) is 61.0 cm³/mol. The number of nitrogens with zero attached hydrogens (tertiary/aromatic N) is 1. The SMILES string of the molecule is COC(=O)[C@H](N)c1ccc(O)c([N+](=O)[O-])c1.Cl. The van der Waals surface area contributed by atoms with E-state index in [1.54, 1.807) is 0 Å². The van der Waals surface area contributed by atoms with Crippen molar-refractivity contribution in [2.75, 3.05) is 7.11 Å². The molecule has 0 aliphatic heterocycles. The molecule has 7 nitrogen and oxygen atoms in total. The van der Waals surface area contributed by atoms with E-state index < -0.39 is 28.4 Å². The van der Waals surface area contributed by atoms with E-state index in [0.717, 1.165) is 19.2 Å². The summed E-state index contributed by atoms with van der Waals surface area (Å²) in [4.78, 5) is 20.9. The number of carbonyl (C=O) groups excluding carboxylic acids is 1. The molecule has 0 amide bonds. The first-order valence-electron chi connectivity index (χ1n) is 4.28. The number of hydrogen-bond acceptors (Lipinski definition) is 6. The summed E-state index contributed by atoms with van der Waals surface area (Å²) in [6.07, 6.45) is 0. The van der Waals surface area contributed by atoms with Gasteiger partial charge in [-0.3, -0.25) is 14.9 Å². The van der Waals surface area contributed by atoms with Crippen molar-refractivity contribution in [2.45, 2.75) is 6.04 Å². The molecule has 17 heavy (non-hydrogen) atoms. The summed E-state index contributed by atoms with van der Waals surface area (Å²) in [5.41, 5.74) is 5.19. The van der Waals surface area contributed by atoms with E-state index in [1.165, 1.54) is 6.07 Å². The van der Waals surface area contributed by atoms with Crippen LogP contribution in [0.25, 0.3) is 0 Å². The molecule has 1 aromatic carbocycles. The number of esters is 1. The van der Waals surface area contributed by atoms with Gasteiger partial charge in [0, 0.05) is 6.07 Å².